The highest BCUT2D eigenvalue weighted by Crippen LogP contribution is 2.30. The van der Waals surface area contributed by atoms with E-state index in [9.17, 15) is 18.0 Å². The molecule has 0 radical (unpaired) electrons. The molecule has 0 saturated carbocycles. The molecule has 2 aromatic rings. The quantitative estimate of drug-likeness (QED) is 0.768. The van der Waals surface area contributed by atoms with Gasteiger partial charge in [-0.3, -0.25) is 9.59 Å². The highest BCUT2D eigenvalue weighted by atomic mass is 32.2. The lowest BCUT2D eigenvalue weighted by molar-refractivity contribution is -0.122. The van der Waals surface area contributed by atoms with Crippen LogP contribution in [0.3, 0.4) is 0 Å². The van der Waals surface area contributed by atoms with Gasteiger partial charge in [0.05, 0.1) is 36.3 Å². The highest BCUT2D eigenvalue weighted by Gasteiger charge is 2.36. The first kappa shape index (κ1) is 20.4. The SMILES string of the molecule is COc1ccc(N2C[C@H](C(=O)Nc3cc(C)nn3[C@H]3CCS(=O)(=O)C3)CC2=O)cc1. The number of hydrogen-bond acceptors (Lipinski definition) is 6. The molecule has 1 N–H and O–H groups in total. The summed E-state index contributed by atoms with van der Waals surface area (Å²) in [7, 11) is -1.51. The van der Waals surface area contributed by atoms with Crippen LogP contribution in [0.5, 0.6) is 5.75 Å². The van der Waals surface area contributed by atoms with Gasteiger partial charge in [0.1, 0.15) is 11.6 Å². The average Bonchev–Trinajstić information content (AvgIpc) is 3.38. The van der Waals surface area contributed by atoms with Crippen LogP contribution in [-0.2, 0) is 19.4 Å². The van der Waals surface area contributed by atoms with Crippen LogP contribution in [0.1, 0.15) is 24.6 Å². The predicted molar refractivity (Wildman–Crippen MR) is 111 cm³/mol. The average molecular weight is 433 g/mol. The van der Waals surface area contributed by atoms with E-state index < -0.39 is 15.8 Å². The summed E-state index contributed by atoms with van der Waals surface area (Å²) in [4.78, 5) is 26.9. The Morgan fingerprint density at radius 1 is 1.27 bits per heavy atom. The zero-order valence-electron chi connectivity index (χ0n) is 16.9. The number of carbonyl (C=O) groups excluding carboxylic acids is 2. The third kappa shape index (κ3) is 4.04. The van der Waals surface area contributed by atoms with E-state index in [1.54, 1.807) is 53.9 Å². The molecular weight excluding hydrogens is 408 g/mol. The van der Waals surface area contributed by atoms with Crippen LogP contribution >= 0.6 is 0 Å². The molecule has 2 aliphatic heterocycles. The van der Waals surface area contributed by atoms with Gasteiger partial charge in [-0.1, -0.05) is 0 Å². The number of sulfone groups is 1. The lowest BCUT2D eigenvalue weighted by atomic mass is 10.1. The molecule has 9 nitrogen and oxygen atoms in total. The van der Waals surface area contributed by atoms with Gasteiger partial charge in [-0.05, 0) is 37.6 Å². The number of nitrogens with one attached hydrogen (secondary N) is 1. The van der Waals surface area contributed by atoms with Crippen LogP contribution in [-0.4, -0.2) is 55.2 Å². The minimum atomic E-state index is -3.08. The third-order valence-corrected chi connectivity index (χ3v) is 7.29. The summed E-state index contributed by atoms with van der Waals surface area (Å²) in [5.41, 5.74) is 1.41. The summed E-state index contributed by atoms with van der Waals surface area (Å²) in [6, 6.07) is 8.55. The molecule has 1 aromatic heterocycles. The largest absolute Gasteiger partial charge is 0.497 e. The Hall–Kier alpha value is -2.88. The lowest BCUT2D eigenvalue weighted by Gasteiger charge is -2.18. The Kier molecular flexibility index (Phi) is 5.27. The van der Waals surface area contributed by atoms with Gasteiger partial charge < -0.3 is 15.0 Å². The van der Waals surface area contributed by atoms with Gasteiger partial charge in [-0.15, -0.1) is 0 Å². The van der Waals surface area contributed by atoms with Gasteiger partial charge in [-0.25, -0.2) is 13.1 Å². The Morgan fingerprint density at radius 3 is 2.63 bits per heavy atom. The molecule has 2 aliphatic rings. The number of methoxy groups -OCH3 is 1. The molecule has 2 saturated heterocycles. The number of rotatable bonds is 5. The van der Waals surface area contributed by atoms with Gasteiger partial charge in [0, 0.05) is 24.7 Å². The van der Waals surface area contributed by atoms with Crippen molar-refractivity contribution >= 4 is 33.2 Å². The minimum Gasteiger partial charge on any atom is -0.497 e. The number of amides is 2. The highest BCUT2D eigenvalue weighted by molar-refractivity contribution is 7.91. The molecule has 160 valence electrons. The van der Waals surface area contributed by atoms with Crippen molar-refractivity contribution in [3.63, 3.8) is 0 Å². The fourth-order valence-corrected chi connectivity index (χ4v) is 5.67. The van der Waals surface area contributed by atoms with E-state index >= 15 is 0 Å². The maximum absolute atomic E-state index is 12.9. The molecule has 0 aliphatic carbocycles. The number of aryl methyl sites for hydroxylation is 1. The normalized spacial score (nSPS) is 23.0. The topological polar surface area (TPSA) is 111 Å². The molecule has 0 spiro atoms. The van der Waals surface area contributed by atoms with E-state index in [0.29, 0.717) is 29.4 Å². The van der Waals surface area contributed by atoms with Crippen LogP contribution in [0, 0.1) is 12.8 Å². The number of hydrogen-bond donors (Lipinski definition) is 1. The van der Waals surface area contributed by atoms with Gasteiger partial charge in [-0.2, -0.15) is 5.10 Å². The maximum Gasteiger partial charge on any atom is 0.230 e. The van der Waals surface area contributed by atoms with Crippen molar-refractivity contribution < 1.29 is 22.7 Å². The van der Waals surface area contributed by atoms with Crippen LogP contribution in [0.25, 0.3) is 0 Å². The molecular formula is C20H24N4O5S. The van der Waals surface area contributed by atoms with Crippen LogP contribution in [0.4, 0.5) is 11.5 Å². The summed E-state index contributed by atoms with van der Waals surface area (Å²) in [6.45, 7) is 2.07. The van der Waals surface area contributed by atoms with Crippen molar-refractivity contribution in [1.29, 1.82) is 0 Å². The standard InChI is InChI=1S/C20H24N4O5S/c1-13-9-18(24(22-13)16-7-8-30(27,28)12-16)21-20(26)14-10-19(25)23(11-14)15-3-5-17(29-2)6-4-15/h3-6,9,14,16H,7-8,10-12H2,1-2H3,(H,21,26)/t14-,16+/m1/s1. The van der Waals surface area contributed by atoms with Crippen molar-refractivity contribution in [1.82, 2.24) is 9.78 Å². The predicted octanol–water partition coefficient (Wildman–Crippen LogP) is 1.55. The van der Waals surface area contributed by atoms with Crippen molar-refractivity contribution in [3.05, 3.63) is 36.0 Å². The van der Waals surface area contributed by atoms with Crippen LogP contribution in [0.15, 0.2) is 30.3 Å². The summed E-state index contributed by atoms with van der Waals surface area (Å²) in [5, 5.41) is 7.24. The molecule has 10 heteroatoms. The maximum atomic E-state index is 12.9. The molecule has 0 bridgehead atoms. The third-order valence-electron chi connectivity index (χ3n) is 5.54. The second kappa shape index (κ2) is 7.75. The van der Waals surface area contributed by atoms with Crippen molar-refractivity contribution in [2.45, 2.75) is 25.8 Å². The molecule has 3 heterocycles. The molecule has 2 atom stereocenters. The fraction of sp³-hybridized carbons (Fsp3) is 0.450. The summed E-state index contributed by atoms with van der Waals surface area (Å²) >= 11 is 0. The Bertz CT molecular complexity index is 1080. The number of nitrogens with zero attached hydrogens (tertiary/aromatic N) is 3. The molecule has 2 amide bonds. The van der Waals surface area contributed by atoms with Crippen molar-refractivity contribution in [2.24, 2.45) is 5.92 Å². The van der Waals surface area contributed by atoms with Gasteiger partial charge in [0.15, 0.2) is 9.84 Å². The zero-order valence-corrected chi connectivity index (χ0v) is 17.7. The fourth-order valence-electron chi connectivity index (χ4n) is 3.98. The lowest BCUT2D eigenvalue weighted by Crippen LogP contribution is -2.29. The zero-order chi connectivity index (χ0) is 21.5. The molecule has 4 rings (SSSR count). The van der Waals surface area contributed by atoms with Gasteiger partial charge in [0.2, 0.25) is 11.8 Å². The van der Waals surface area contributed by atoms with Crippen molar-refractivity contribution in [3.8, 4) is 5.75 Å². The molecule has 0 unspecified atom stereocenters. The Labute approximate surface area is 174 Å². The minimum absolute atomic E-state index is 0.0180. The second-order valence-corrected chi connectivity index (χ2v) is 9.99. The first-order chi connectivity index (χ1) is 14.3. The van der Waals surface area contributed by atoms with E-state index in [-0.39, 0.29) is 42.3 Å². The van der Waals surface area contributed by atoms with E-state index in [2.05, 4.69) is 10.4 Å². The molecule has 1 aromatic carbocycles. The first-order valence-electron chi connectivity index (χ1n) is 9.77. The smallest absolute Gasteiger partial charge is 0.230 e. The number of benzene rings is 1. The van der Waals surface area contributed by atoms with Gasteiger partial charge in [0.25, 0.3) is 0 Å². The van der Waals surface area contributed by atoms with E-state index in [1.807, 2.05) is 0 Å². The summed E-state index contributed by atoms with van der Waals surface area (Å²) in [5.74, 6) is 0.401. The van der Waals surface area contributed by atoms with E-state index in [0.717, 1.165) is 0 Å². The first-order valence-corrected chi connectivity index (χ1v) is 11.6. The molecule has 30 heavy (non-hydrogen) atoms. The second-order valence-electron chi connectivity index (χ2n) is 7.77. The molecule has 2 fully saturated rings. The summed E-state index contributed by atoms with van der Waals surface area (Å²) < 4.78 is 30.4. The number of aromatic nitrogens is 2. The van der Waals surface area contributed by atoms with Crippen molar-refractivity contribution in [2.75, 3.05) is 35.4 Å². The van der Waals surface area contributed by atoms with Gasteiger partial charge >= 0.3 is 0 Å². The van der Waals surface area contributed by atoms with Crippen LogP contribution < -0.4 is 15.0 Å². The monoisotopic (exact) mass is 432 g/mol. The van der Waals surface area contributed by atoms with E-state index in [4.69, 9.17) is 4.74 Å². The number of ether oxygens (including phenoxy) is 1. The Balaban J connectivity index is 1.46. The Morgan fingerprint density at radius 2 is 2.00 bits per heavy atom. The summed E-state index contributed by atoms with van der Waals surface area (Å²) in [6.07, 6.45) is 0.586. The van der Waals surface area contributed by atoms with Crippen LogP contribution in [0.2, 0.25) is 0 Å². The number of carbonyl (C=O) groups is 2. The van der Waals surface area contributed by atoms with E-state index in [1.165, 1.54) is 0 Å². The number of anilines is 2.